The van der Waals surface area contributed by atoms with Crippen molar-refractivity contribution in [1.82, 2.24) is 0 Å². The van der Waals surface area contributed by atoms with E-state index in [1.807, 2.05) is 0 Å². The topological polar surface area (TPSA) is 63.6 Å². The zero-order chi connectivity index (χ0) is 14.3. The number of carbonyl (C=O) groups excluding carboxylic acids is 1. The van der Waals surface area contributed by atoms with Crippen molar-refractivity contribution in [1.29, 1.82) is 0 Å². The molecule has 0 aliphatic rings. The number of carbonyl (C=O) groups is 2. The minimum atomic E-state index is -1.14. The first-order valence-corrected chi connectivity index (χ1v) is 7.24. The lowest BCUT2D eigenvalue weighted by Crippen LogP contribution is -2.03. The smallest absolute Gasteiger partial charge is 0.331 e. The van der Waals surface area contributed by atoms with Crippen molar-refractivity contribution < 1.29 is 19.4 Å². The Hall–Kier alpha value is -1.32. The molecule has 1 N–H and O–H groups in total. The van der Waals surface area contributed by atoms with Gasteiger partial charge < -0.3 is 9.84 Å². The lowest BCUT2D eigenvalue weighted by atomic mass is 10.1. The fourth-order valence-corrected chi connectivity index (χ4v) is 1.77. The maximum absolute atomic E-state index is 11.0. The first-order chi connectivity index (χ1) is 9.16. The summed E-state index contributed by atoms with van der Waals surface area (Å²) in [6, 6.07) is 0. The second-order valence-corrected chi connectivity index (χ2v) is 4.67. The largest absolute Gasteiger partial charge is 0.478 e. The Kier molecular flexibility index (Phi) is 12.2. The van der Waals surface area contributed by atoms with Crippen molar-refractivity contribution in [3.8, 4) is 0 Å². The molecule has 0 aliphatic carbocycles. The summed E-state index contributed by atoms with van der Waals surface area (Å²) in [5.41, 5.74) is 0. The van der Waals surface area contributed by atoms with Gasteiger partial charge in [-0.15, -0.1) is 0 Å². The molecule has 4 nitrogen and oxygen atoms in total. The van der Waals surface area contributed by atoms with Crippen LogP contribution in [0.1, 0.15) is 64.7 Å². The van der Waals surface area contributed by atoms with Gasteiger partial charge in [-0.25, -0.2) is 9.59 Å². The zero-order valence-corrected chi connectivity index (χ0v) is 11.9. The van der Waals surface area contributed by atoms with Gasteiger partial charge in [-0.1, -0.05) is 58.3 Å². The molecule has 0 heterocycles. The minimum Gasteiger partial charge on any atom is -0.478 e. The van der Waals surface area contributed by atoms with E-state index >= 15 is 0 Å². The van der Waals surface area contributed by atoms with Crippen LogP contribution in [-0.2, 0) is 14.3 Å². The van der Waals surface area contributed by atoms with Gasteiger partial charge in [0, 0.05) is 12.2 Å². The lowest BCUT2D eigenvalue weighted by Gasteiger charge is -2.02. The molecule has 0 saturated heterocycles. The molecule has 0 unspecified atom stereocenters. The lowest BCUT2D eigenvalue weighted by molar-refractivity contribution is -0.138. The molecule has 0 saturated carbocycles. The van der Waals surface area contributed by atoms with E-state index in [0.717, 1.165) is 25.0 Å². The van der Waals surface area contributed by atoms with E-state index in [0.29, 0.717) is 6.61 Å². The Balaban J connectivity index is 3.22. The van der Waals surface area contributed by atoms with Gasteiger partial charge in [0.2, 0.25) is 0 Å². The third-order valence-corrected chi connectivity index (χ3v) is 2.85. The SMILES string of the molecule is CCCCCCCCCCCOC(=O)/C=C/C(=O)O. The highest BCUT2D eigenvalue weighted by Crippen LogP contribution is 2.09. The van der Waals surface area contributed by atoms with E-state index in [1.165, 1.54) is 44.9 Å². The summed E-state index contributed by atoms with van der Waals surface area (Å²) in [5.74, 6) is -1.72. The van der Waals surface area contributed by atoms with Crippen LogP contribution in [0.25, 0.3) is 0 Å². The molecule has 4 heteroatoms. The molecular weight excluding hydrogens is 244 g/mol. The van der Waals surface area contributed by atoms with Gasteiger partial charge in [0.1, 0.15) is 0 Å². The molecular formula is C15H26O4. The molecule has 0 aromatic rings. The molecule has 0 aromatic carbocycles. The average Bonchev–Trinajstić information content (AvgIpc) is 2.38. The highest BCUT2D eigenvalue weighted by molar-refractivity contribution is 5.90. The van der Waals surface area contributed by atoms with Gasteiger partial charge in [0.15, 0.2) is 0 Å². The molecule has 0 atom stereocenters. The van der Waals surface area contributed by atoms with Crippen LogP contribution in [-0.4, -0.2) is 23.7 Å². The Labute approximate surface area is 115 Å². The number of unbranched alkanes of at least 4 members (excludes halogenated alkanes) is 8. The van der Waals surface area contributed by atoms with E-state index in [4.69, 9.17) is 9.84 Å². The normalized spacial score (nSPS) is 10.8. The fourth-order valence-electron chi connectivity index (χ4n) is 1.77. The summed E-state index contributed by atoms with van der Waals surface area (Å²) in [6.07, 6.45) is 12.6. The molecule has 0 aliphatic heterocycles. The van der Waals surface area contributed by atoms with Crippen molar-refractivity contribution in [2.75, 3.05) is 6.61 Å². The van der Waals surface area contributed by atoms with Gasteiger partial charge >= 0.3 is 11.9 Å². The van der Waals surface area contributed by atoms with E-state index < -0.39 is 11.9 Å². The second-order valence-electron chi connectivity index (χ2n) is 4.67. The molecule has 0 amide bonds. The van der Waals surface area contributed by atoms with Crippen molar-refractivity contribution in [3.63, 3.8) is 0 Å². The number of carboxylic acids is 1. The summed E-state index contributed by atoms with van der Waals surface area (Å²) in [5, 5.41) is 8.31. The van der Waals surface area contributed by atoms with Gasteiger partial charge in [-0.3, -0.25) is 0 Å². The molecule has 110 valence electrons. The summed E-state index contributed by atoms with van der Waals surface area (Å²) < 4.78 is 4.86. The molecule has 0 spiro atoms. The molecule has 19 heavy (non-hydrogen) atoms. The third kappa shape index (κ3) is 14.6. The van der Waals surface area contributed by atoms with Gasteiger partial charge in [-0.2, -0.15) is 0 Å². The van der Waals surface area contributed by atoms with Crippen LogP contribution in [0.4, 0.5) is 0 Å². The summed E-state index contributed by atoms with van der Waals surface area (Å²) in [4.78, 5) is 21.2. The first kappa shape index (κ1) is 17.7. The third-order valence-electron chi connectivity index (χ3n) is 2.85. The summed E-state index contributed by atoms with van der Waals surface area (Å²) >= 11 is 0. The summed E-state index contributed by atoms with van der Waals surface area (Å²) in [7, 11) is 0. The number of hydrogen-bond acceptors (Lipinski definition) is 3. The number of hydrogen-bond donors (Lipinski definition) is 1. The Morgan fingerprint density at radius 2 is 1.42 bits per heavy atom. The van der Waals surface area contributed by atoms with Crippen LogP contribution in [0.3, 0.4) is 0 Å². The Morgan fingerprint density at radius 1 is 0.895 bits per heavy atom. The van der Waals surface area contributed by atoms with Crippen LogP contribution in [0, 0.1) is 0 Å². The number of carboxylic acid groups (broad SMARTS) is 1. The zero-order valence-electron chi connectivity index (χ0n) is 11.9. The first-order valence-electron chi connectivity index (χ1n) is 7.24. The van der Waals surface area contributed by atoms with Gasteiger partial charge in [-0.05, 0) is 6.42 Å². The van der Waals surface area contributed by atoms with E-state index in [2.05, 4.69) is 6.92 Å². The molecule has 0 radical (unpaired) electrons. The maximum atomic E-state index is 11.0. The molecule has 0 aromatic heterocycles. The van der Waals surface area contributed by atoms with E-state index in [-0.39, 0.29) is 0 Å². The standard InChI is InChI=1S/C15H26O4/c1-2-3-4-5-6-7-8-9-10-13-19-15(18)12-11-14(16)17/h11-12H,2-10,13H2,1H3,(H,16,17)/b12-11+. The number of ether oxygens (including phenoxy) is 1. The van der Waals surface area contributed by atoms with Crippen molar-refractivity contribution >= 4 is 11.9 Å². The highest BCUT2D eigenvalue weighted by Gasteiger charge is 1.98. The van der Waals surface area contributed by atoms with Crippen LogP contribution >= 0.6 is 0 Å². The molecule has 0 rings (SSSR count). The average molecular weight is 270 g/mol. The predicted octanol–water partition coefficient (Wildman–Crippen LogP) is 3.70. The van der Waals surface area contributed by atoms with Gasteiger partial charge in [0.25, 0.3) is 0 Å². The van der Waals surface area contributed by atoms with Gasteiger partial charge in [0.05, 0.1) is 6.61 Å². The van der Waals surface area contributed by atoms with Crippen LogP contribution in [0.2, 0.25) is 0 Å². The fraction of sp³-hybridized carbons (Fsp3) is 0.733. The molecule has 0 fully saturated rings. The molecule has 0 bridgehead atoms. The number of rotatable bonds is 12. The van der Waals surface area contributed by atoms with Crippen LogP contribution in [0.15, 0.2) is 12.2 Å². The number of esters is 1. The Morgan fingerprint density at radius 3 is 1.95 bits per heavy atom. The van der Waals surface area contributed by atoms with E-state index in [9.17, 15) is 9.59 Å². The quantitative estimate of drug-likeness (QED) is 0.333. The predicted molar refractivity (Wildman–Crippen MR) is 75.0 cm³/mol. The Bertz CT molecular complexity index is 271. The summed E-state index contributed by atoms with van der Waals surface area (Å²) in [6.45, 7) is 2.59. The minimum absolute atomic E-state index is 0.374. The van der Waals surface area contributed by atoms with Crippen LogP contribution in [0.5, 0.6) is 0 Å². The second kappa shape index (κ2) is 13.1. The van der Waals surface area contributed by atoms with E-state index in [1.54, 1.807) is 0 Å². The monoisotopic (exact) mass is 270 g/mol. The highest BCUT2D eigenvalue weighted by atomic mass is 16.5. The van der Waals surface area contributed by atoms with Crippen LogP contribution < -0.4 is 0 Å². The maximum Gasteiger partial charge on any atom is 0.331 e. The van der Waals surface area contributed by atoms with Crippen molar-refractivity contribution in [2.24, 2.45) is 0 Å². The van der Waals surface area contributed by atoms with Crippen molar-refractivity contribution in [3.05, 3.63) is 12.2 Å². The number of aliphatic carboxylic acids is 1. The van der Waals surface area contributed by atoms with Crippen molar-refractivity contribution in [2.45, 2.75) is 64.7 Å².